The van der Waals surface area contributed by atoms with Crippen molar-refractivity contribution < 1.29 is 4.79 Å². The summed E-state index contributed by atoms with van der Waals surface area (Å²) in [6.07, 6.45) is 0.895. The number of halogens is 1. The Morgan fingerprint density at radius 2 is 1.74 bits per heavy atom. The van der Waals surface area contributed by atoms with Crippen LogP contribution in [0.25, 0.3) is 17.1 Å². The van der Waals surface area contributed by atoms with Crippen molar-refractivity contribution in [1.29, 1.82) is 0 Å². The molecular weight excluding hydrogens is 428 g/mol. The average molecular weight is 457 g/mol. The van der Waals surface area contributed by atoms with Gasteiger partial charge in [-0.25, -0.2) is 0 Å². The van der Waals surface area contributed by atoms with E-state index in [2.05, 4.69) is 60.6 Å². The minimum atomic E-state index is -0.0129. The Balaban J connectivity index is 1.94. The van der Waals surface area contributed by atoms with Crippen LogP contribution in [0, 0.1) is 0 Å². The van der Waals surface area contributed by atoms with E-state index in [9.17, 15) is 4.79 Å². The van der Waals surface area contributed by atoms with E-state index in [1.54, 1.807) is 0 Å². The van der Waals surface area contributed by atoms with E-state index in [1.807, 2.05) is 42.7 Å². The zero-order valence-corrected chi connectivity index (χ0v) is 20.2. The van der Waals surface area contributed by atoms with Gasteiger partial charge in [-0.1, -0.05) is 75.3 Å². The number of carbonyl (C=O) groups excluding carboxylic acids is 1. The Hall–Kier alpha value is -2.31. The Bertz CT molecular complexity index is 1020. The van der Waals surface area contributed by atoms with Crippen LogP contribution in [0.2, 0.25) is 5.02 Å². The molecule has 1 amide bonds. The van der Waals surface area contributed by atoms with Gasteiger partial charge in [0.1, 0.15) is 0 Å². The first kappa shape index (κ1) is 23.4. The molecule has 1 atom stereocenters. The van der Waals surface area contributed by atoms with Crippen molar-refractivity contribution in [2.75, 3.05) is 5.75 Å². The molecule has 0 saturated heterocycles. The number of nitrogens with one attached hydrogen (secondary N) is 1. The minimum Gasteiger partial charge on any atom is -0.353 e. The maximum atomic E-state index is 12.3. The molecule has 0 fully saturated rings. The second-order valence-corrected chi connectivity index (χ2v) is 9.99. The Labute approximate surface area is 193 Å². The van der Waals surface area contributed by atoms with Gasteiger partial charge in [0.2, 0.25) is 5.91 Å². The molecule has 3 aromatic rings. The van der Waals surface area contributed by atoms with Crippen molar-refractivity contribution in [2.45, 2.75) is 57.7 Å². The molecule has 5 nitrogen and oxygen atoms in total. The van der Waals surface area contributed by atoms with Gasteiger partial charge in [-0.2, -0.15) is 0 Å². The summed E-state index contributed by atoms with van der Waals surface area (Å²) in [5.41, 5.74) is 3.19. The van der Waals surface area contributed by atoms with Gasteiger partial charge in [-0.3, -0.25) is 9.36 Å². The van der Waals surface area contributed by atoms with Gasteiger partial charge in [-0.05, 0) is 48.6 Å². The van der Waals surface area contributed by atoms with Crippen LogP contribution in [-0.2, 0) is 10.2 Å². The summed E-state index contributed by atoms with van der Waals surface area (Å²) in [6.45, 7) is 10.6. The van der Waals surface area contributed by atoms with Crippen LogP contribution in [0.5, 0.6) is 0 Å². The van der Waals surface area contributed by atoms with E-state index in [-0.39, 0.29) is 23.1 Å². The molecule has 0 aliphatic heterocycles. The molecule has 164 valence electrons. The molecule has 1 aromatic heterocycles. The lowest BCUT2D eigenvalue weighted by Crippen LogP contribution is -2.33. The zero-order valence-electron chi connectivity index (χ0n) is 18.6. The van der Waals surface area contributed by atoms with E-state index in [0.29, 0.717) is 10.2 Å². The minimum absolute atomic E-state index is 0.0129. The highest BCUT2D eigenvalue weighted by atomic mass is 35.5. The Morgan fingerprint density at radius 1 is 1.10 bits per heavy atom. The number of amides is 1. The monoisotopic (exact) mass is 456 g/mol. The fraction of sp³-hybridized carbons (Fsp3) is 0.375. The van der Waals surface area contributed by atoms with Crippen LogP contribution >= 0.6 is 23.4 Å². The molecule has 7 heteroatoms. The van der Waals surface area contributed by atoms with Gasteiger partial charge in [0, 0.05) is 22.3 Å². The molecule has 2 aromatic carbocycles. The predicted octanol–water partition coefficient (Wildman–Crippen LogP) is 5.89. The molecule has 3 rings (SSSR count). The zero-order chi connectivity index (χ0) is 22.6. The van der Waals surface area contributed by atoms with Gasteiger partial charge in [-0.15, -0.1) is 10.2 Å². The molecule has 0 saturated carbocycles. The molecule has 1 unspecified atom stereocenters. The molecule has 0 spiro atoms. The number of thioether (sulfide) groups is 1. The van der Waals surface area contributed by atoms with Gasteiger partial charge in [0.15, 0.2) is 11.0 Å². The summed E-state index contributed by atoms with van der Waals surface area (Å²) in [5.74, 6) is 0.993. The third kappa shape index (κ3) is 5.89. The molecule has 31 heavy (non-hydrogen) atoms. The van der Waals surface area contributed by atoms with Gasteiger partial charge < -0.3 is 5.32 Å². The van der Waals surface area contributed by atoms with Crippen LogP contribution in [0.1, 0.15) is 46.6 Å². The third-order valence-electron chi connectivity index (χ3n) is 5.08. The van der Waals surface area contributed by atoms with Crippen molar-refractivity contribution >= 4 is 29.3 Å². The standard InChI is InChI=1S/C24H29ClN4OS/c1-6-16(2)26-21(30)15-31-23-28-27-22(29(23)20-13-11-19(25)12-14-20)17-7-9-18(10-8-17)24(3,4)5/h7-14,16H,6,15H2,1-5H3,(H,26,30). The summed E-state index contributed by atoms with van der Waals surface area (Å²) in [7, 11) is 0. The lowest BCUT2D eigenvalue weighted by molar-refractivity contribution is -0.119. The van der Waals surface area contributed by atoms with Crippen molar-refractivity contribution in [2.24, 2.45) is 0 Å². The van der Waals surface area contributed by atoms with Gasteiger partial charge in [0.25, 0.3) is 0 Å². The van der Waals surface area contributed by atoms with Crippen molar-refractivity contribution in [1.82, 2.24) is 20.1 Å². The van der Waals surface area contributed by atoms with E-state index < -0.39 is 0 Å². The Kier molecular flexibility index (Phi) is 7.44. The van der Waals surface area contributed by atoms with Crippen molar-refractivity contribution in [3.63, 3.8) is 0 Å². The van der Waals surface area contributed by atoms with Crippen molar-refractivity contribution in [3.8, 4) is 17.1 Å². The maximum Gasteiger partial charge on any atom is 0.230 e. The number of carbonyl (C=O) groups is 1. The number of hydrogen-bond acceptors (Lipinski definition) is 4. The fourth-order valence-corrected chi connectivity index (χ4v) is 3.93. The van der Waals surface area contributed by atoms with E-state index >= 15 is 0 Å². The number of hydrogen-bond donors (Lipinski definition) is 1. The third-order valence-corrected chi connectivity index (χ3v) is 6.26. The molecule has 1 heterocycles. The smallest absolute Gasteiger partial charge is 0.230 e. The second kappa shape index (κ2) is 9.88. The predicted molar refractivity (Wildman–Crippen MR) is 129 cm³/mol. The summed E-state index contributed by atoms with van der Waals surface area (Å²) in [4.78, 5) is 12.3. The number of benzene rings is 2. The van der Waals surface area contributed by atoms with E-state index in [0.717, 1.165) is 23.5 Å². The molecule has 0 bridgehead atoms. The largest absolute Gasteiger partial charge is 0.353 e. The molecule has 0 radical (unpaired) electrons. The topological polar surface area (TPSA) is 59.8 Å². The number of rotatable bonds is 7. The first-order chi connectivity index (χ1) is 14.7. The number of aromatic nitrogens is 3. The van der Waals surface area contributed by atoms with Crippen LogP contribution in [0.3, 0.4) is 0 Å². The highest BCUT2D eigenvalue weighted by Gasteiger charge is 2.19. The lowest BCUT2D eigenvalue weighted by Gasteiger charge is -2.19. The van der Waals surface area contributed by atoms with Gasteiger partial charge in [0.05, 0.1) is 5.75 Å². The summed E-state index contributed by atoms with van der Waals surface area (Å²) < 4.78 is 1.98. The van der Waals surface area contributed by atoms with Crippen LogP contribution < -0.4 is 5.32 Å². The summed E-state index contributed by atoms with van der Waals surface area (Å²) in [5, 5.41) is 13.2. The second-order valence-electron chi connectivity index (χ2n) is 8.61. The van der Waals surface area contributed by atoms with Crippen LogP contribution in [0.4, 0.5) is 0 Å². The average Bonchev–Trinajstić information content (AvgIpc) is 3.16. The molecule has 1 N–H and O–H groups in total. The van der Waals surface area contributed by atoms with Crippen LogP contribution in [-0.4, -0.2) is 32.5 Å². The quantitative estimate of drug-likeness (QED) is 0.450. The summed E-state index contributed by atoms with van der Waals surface area (Å²) >= 11 is 7.47. The normalized spacial score (nSPS) is 12.6. The Morgan fingerprint density at radius 3 is 2.32 bits per heavy atom. The highest BCUT2D eigenvalue weighted by Crippen LogP contribution is 2.30. The van der Waals surface area contributed by atoms with Gasteiger partial charge >= 0.3 is 0 Å². The molecule has 0 aliphatic rings. The lowest BCUT2D eigenvalue weighted by atomic mass is 9.87. The first-order valence-electron chi connectivity index (χ1n) is 10.4. The van der Waals surface area contributed by atoms with Crippen molar-refractivity contribution in [3.05, 3.63) is 59.1 Å². The van der Waals surface area contributed by atoms with Crippen LogP contribution in [0.15, 0.2) is 53.7 Å². The summed E-state index contributed by atoms with van der Waals surface area (Å²) in [6, 6.07) is 16.1. The fourth-order valence-electron chi connectivity index (χ4n) is 3.04. The molecule has 0 aliphatic carbocycles. The maximum absolute atomic E-state index is 12.3. The molecular formula is C24H29ClN4OS. The van der Waals surface area contributed by atoms with E-state index in [4.69, 9.17) is 11.6 Å². The highest BCUT2D eigenvalue weighted by molar-refractivity contribution is 7.99. The van der Waals surface area contributed by atoms with E-state index in [1.165, 1.54) is 17.3 Å². The SMILES string of the molecule is CCC(C)NC(=O)CSc1nnc(-c2ccc(C(C)(C)C)cc2)n1-c1ccc(Cl)cc1. The number of nitrogens with zero attached hydrogens (tertiary/aromatic N) is 3. The first-order valence-corrected chi connectivity index (χ1v) is 11.8.